The lowest BCUT2D eigenvalue weighted by Gasteiger charge is -2.36. The average Bonchev–Trinajstić information content (AvgIpc) is 3.33. The molecule has 196 valence electrons. The fraction of sp³-hybridized carbons (Fsp3) is 0.226. The summed E-state index contributed by atoms with van der Waals surface area (Å²) in [5.74, 6) is -1.99. The van der Waals surface area contributed by atoms with Gasteiger partial charge >= 0.3 is 0 Å². The zero-order chi connectivity index (χ0) is 26.9. The van der Waals surface area contributed by atoms with Gasteiger partial charge in [0.15, 0.2) is 0 Å². The molecular formula is C31H29N5O3. The molecule has 3 heterocycles. The quantitative estimate of drug-likeness (QED) is 0.395. The van der Waals surface area contributed by atoms with Crippen molar-refractivity contribution in [3.05, 3.63) is 103 Å². The lowest BCUT2D eigenvalue weighted by molar-refractivity contribution is -0.140. The van der Waals surface area contributed by atoms with Gasteiger partial charge in [0.1, 0.15) is 12.5 Å². The van der Waals surface area contributed by atoms with Crippen LogP contribution in [0.25, 0.3) is 10.9 Å². The third-order valence-electron chi connectivity index (χ3n) is 7.59. The maximum Gasteiger partial charge on any atom is 0.247 e. The molecule has 39 heavy (non-hydrogen) atoms. The molecule has 4 aromatic rings. The van der Waals surface area contributed by atoms with E-state index in [1.54, 1.807) is 17.3 Å². The first kappa shape index (κ1) is 24.6. The van der Waals surface area contributed by atoms with Crippen molar-refractivity contribution in [2.24, 2.45) is 5.92 Å². The Balaban J connectivity index is 1.34. The van der Waals surface area contributed by atoms with Gasteiger partial charge in [-0.1, -0.05) is 54.6 Å². The molecule has 0 bridgehead atoms. The number of para-hydroxylation sites is 3. The molecule has 0 saturated carbocycles. The number of aryl methyl sites for hydroxylation is 1. The summed E-state index contributed by atoms with van der Waals surface area (Å²) in [5.41, 5.74) is 4.13. The normalized spacial score (nSPS) is 19.4. The standard InChI is InChI=1S/C31H29N5O3/c1-21-15-16-22-9-5-8-14-28(22)36(21)29(37)20-34-17-18-35(23-10-3-2-4-11-23)31(39)25(30(34)38)19-27-24-12-6-7-13-26(24)32-33-27/h2-14,17-18,21,25H,15-16,19-20H2,1H3,(H,32,33). The summed E-state index contributed by atoms with van der Waals surface area (Å²) in [6, 6.07) is 24.7. The Labute approximate surface area is 226 Å². The van der Waals surface area contributed by atoms with Crippen LogP contribution in [0.2, 0.25) is 0 Å². The molecule has 3 aromatic carbocycles. The Kier molecular flexibility index (Phi) is 6.44. The fourth-order valence-electron chi connectivity index (χ4n) is 5.54. The van der Waals surface area contributed by atoms with E-state index in [1.165, 1.54) is 9.80 Å². The van der Waals surface area contributed by atoms with Crippen molar-refractivity contribution in [1.29, 1.82) is 0 Å². The Hall–Kier alpha value is -4.72. The van der Waals surface area contributed by atoms with Crippen LogP contribution in [0.4, 0.5) is 11.4 Å². The minimum Gasteiger partial charge on any atom is -0.308 e. The van der Waals surface area contributed by atoms with Crippen molar-refractivity contribution in [1.82, 2.24) is 15.1 Å². The van der Waals surface area contributed by atoms with E-state index in [-0.39, 0.29) is 30.8 Å². The van der Waals surface area contributed by atoms with Gasteiger partial charge in [0.2, 0.25) is 17.7 Å². The summed E-state index contributed by atoms with van der Waals surface area (Å²) in [7, 11) is 0. The van der Waals surface area contributed by atoms with E-state index in [2.05, 4.69) is 10.2 Å². The van der Waals surface area contributed by atoms with Crippen molar-refractivity contribution in [3.8, 4) is 0 Å². The van der Waals surface area contributed by atoms with E-state index in [0.29, 0.717) is 11.4 Å². The number of anilines is 2. The number of fused-ring (bicyclic) bond motifs is 2. The predicted molar refractivity (Wildman–Crippen MR) is 150 cm³/mol. The maximum atomic E-state index is 14.0. The number of aromatic nitrogens is 2. The molecule has 2 aliphatic heterocycles. The molecule has 0 radical (unpaired) electrons. The highest BCUT2D eigenvalue weighted by Gasteiger charge is 2.38. The molecule has 2 aliphatic rings. The number of carbonyl (C=O) groups is 3. The van der Waals surface area contributed by atoms with E-state index in [1.807, 2.05) is 85.8 Å². The number of aromatic amines is 1. The molecule has 0 spiro atoms. The number of H-pyrrole nitrogens is 1. The van der Waals surface area contributed by atoms with E-state index in [4.69, 9.17) is 0 Å². The third kappa shape index (κ3) is 4.58. The fourth-order valence-corrected chi connectivity index (χ4v) is 5.54. The number of benzene rings is 3. The van der Waals surface area contributed by atoms with Crippen molar-refractivity contribution >= 4 is 40.0 Å². The highest BCUT2D eigenvalue weighted by Crippen LogP contribution is 2.31. The van der Waals surface area contributed by atoms with Crippen LogP contribution in [0.1, 0.15) is 24.6 Å². The molecule has 3 amide bonds. The van der Waals surface area contributed by atoms with Crippen molar-refractivity contribution in [3.63, 3.8) is 0 Å². The summed E-state index contributed by atoms with van der Waals surface area (Å²) in [6.45, 7) is 1.87. The first-order valence-electron chi connectivity index (χ1n) is 13.2. The zero-order valence-electron chi connectivity index (χ0n) is 21.7. The predicted octanol–water partition coefficient (Wildman–Crippen LogP) is 4.44. The molecule has 1 aromatic heterocycles. The Morgan fingerprint density at radius 1 is 0.923 bits per heavy atom. The van der Waals surface area contributed by atoms with E-state index >= 15 is 0 Å². The first-order chi connectivity index (χ1) is 19.0. The number of nitrogens with one attached hydrogen (secondary N) is 1. The van der Waals surface area contributed by atoms with Crippen LogP contribution in [0.5, 0.6) is 0 Å². The van der Waals surface area contributed by atoms with Gasteiger partial charge in [-0.2, -0.15) is 5.10 Å². The molecule has 2 atom stereocenters. The molecule has 2 unspecified atom stereocenters. The summed E-state index contributed by atoms with van der Waals surface area (Å²) in [4.78, 5) is 46.2. The smallest absolute Gasteiger partial charge is 0.247 e. The van der Waals surface area contributed by atoms with Gasteiger partial charge in [-0.3, -0.25) is 24.4 Å². The first-order valence-corrected chi connectivity index (χ1v) is 13.2. The van der Waals surface area contributed by atoms with Gasteiger partial charge in [0.05, 0.1) is 5.52 Å². The van der Waals surface area contributed by atoms with Crippen LogP contribution < -0.4 is 9.80 Å². The van der Waals surface area contributed by atoms with Crippen LogP contribution in [0.3, 0.4) is 0 Å². The van der Waals surface area contributed by atoms with Crippen molar-refractivity contribution in [2.45, 2.75) is 32.2 Å². The number of nitrogens with zero attached hydrogens (tertiary/aromatic N) is 4. The average molecular weight is 520 g/mol. The van der Waals surface area contributed by atoms with Crippen molar-refractivity contribution in [2.75, 3.05) is 16.3 Å². The van der Waals surface area contributed by atoms with Gasteiger partial charge in [0.25, 0.3) is 0 Å². The minimum atomic E-state index is -1.04. The van der Waals surface area contributed by atoms with Crippen LogP contribution in [-0.2, 0) is 27.2 Å². The van der Waals surface area contributed by atoms with Crippen LogP contribution in [-0.4, -0.2) is 45.4 Å². The van der Waals surface area contributed by atoms with Gasteiger partial charge in [-0.05, 0) is 49.6 Å². The molecule has 0 aliphatic carbocycles. The topological polar surface area (TPSA) is 89.6 Å². The summed E-state index contributed by atoms with van der Waals surface area (Å²) in [5, 5.41) is 8.22. The highest BCUT2D eigenvalue weighted by atomic mass is 16.2. The van der Waals surface area contributed by atoms with Crippen LogP contribution in [0.15, 0.2) is 91.3 Å². The molecular weight excluding hydrogens is 490 g/mol. The monoisotopic (exact) mass is 519 g/mol. The molecule has 0 saturated heterocycles. The molecule has 8 heteroatoms. The summed E-state index contributed by atoms with van der Waals surface area (Å²) >= 11 is 0. The molecule has 0 fully saturated rings. The van der Waals surface area contributed by atoms with Gasteiger partial charge in [-0.15, -0.1) is 0 Å². The van der Waals surface area contributed by atoms with Crippen LogP contribution >= 0.6 is 0 Å². The van der Waals surface area contributed by atoms with Crippen molar-refractivity contribution < 1.29 is 14.4 Å². The Morgan fingerprint density at radius 2 is 1.67 bits per heavy atom. The third-order valence-corrected chi connectivity index (χ3v) is 7.59. The summed E-state index contributed by atoms with van der Waals surface area (Å²) < 4.78 is 0. The zero-order valence-corrected chi connectivity index (χ0v) is 21.7. The minimum absolute atomic E-state index is 0.00747. The second-order valence-corrected chi connectivity index (χ2v) is 10.1. The largest absolute Gasteiger partial charge is 0.308 e. The highest BCUT2D eigenvalue weighted by molar-refractivity contribution is 6.11. The number of carbonyl (C=O) groups excluding carboxylic acids is 3. The van der Waals surface area contributed by atoms with Crippen LogP contribution in [0, 0.1) is 5.92 Å². The number of hydrogen-bond acceptors (Lipinski definition) is 4. The molecule has 8 nitrogen and oxygen atoms in total. The second kappa shape index (κ2) is 10.2. The maximum absolute atomic E-state index is 14.0. The number of hydrogen-bond donors (Lipinski definition) is 1. The number of amides is 3. The van der Waals surface area contributed by atoms with E-state index in [9.17, 15) is 14.4 Å². The van der Waals surface area contributed by atoms with E-state index in [0.717, 1.165) is 35.0 Å². The van der Waals surface area contributed by atoms with Gasteiger partial charge < -0.3 is 9.80 Å². The Morgan fingerprint density at radius 3 is 2.51 bits per heavy atom. The molecule has 1 N–H and O–H groups in total. The lowest BCUT2D eigenvalue weighted by Crippen LogP contribution is -2.48. The van der Waals surface area contributed by atoms with Gasteiger partial charge in [0, 0.05) is 47.3 Å². The Bertz CT molecular complexity index is 1580. The SMILES string of the molecule is CC1CCc2ccccc2N1C(=O)CN1C=CN(c2ccccc2)C(=O)C(Cc2[nH]nc3ccccc23)C1=O. The second-order valence-electron chi connectivity index (χ2n) is 10.1. The van der Waals surface area contributed by atoms with E-state index < -0.39 is 11.8 Å². The van der Waals surface area contributed by atoms with Gasteiger partial charge in [-0.25, -0.2) is 0 Å². The lowest BCUT2D eigenvalue weighted by atomic mass is 9.96. The number of rotatable bonds is 5. The molecule has 6 rings (SSSR count). The summed E-state index contributed by atoms with van der Waals surface area (Å²) in [6.07, 6.45) is 5.03.